The number of nitrogens with zero attached hydrogens (tertiary/aromatic N) is 4. The SMILES string of the molecule is C[N+](C)(CCCCCCCCCC[N+](C)(C)Cc1ccccc1[N+](=O)[O-])Cc1ccccc1[N+](=O)[O-].[Br-].[Br-]. The Labute approximate surface area is 249 Å². The molecule has 0 aliphatic rings. The first-order valence-corrected chi connectivity index (χ1v) is 13.1. The number of rotatable bonds is 17. The van der Waals surface area contributed by atoms with Crippen LogP contribution >= 0.6 is 0 Å². The first-order chi connectivity index (χ1) is 17.0. The molecule has 8 nitrogen and oxygen atoms in total. The van der Waals surface area contributed by atoms with Crippen LogP contribution in [-0.4, -0.2) is 60.1 Å². The van der Waals surface area contributed by atoms with Gasteiger partial charge in [-0.15, -0.1) is 0 Å². The van der Waals surface area contributed by atoms with Crippen LogP contribution in [0.1, 0.15) is 62.5 Å². The van der Waals surface area contributed by atoms with Gasteiger partial charge in [-0.3, -0.25) is 20.2 Å². The minimum absolute atomic E-state index is 0. The standard InChI is InChI=1S/C28H44N4O4.2BrH/c1-31(2,23-25-17-11-13-19-27(25)29(33)34)21-15-9-7-5-6-8-10-16-22-32(3,4)24-26-18-12-14-20-28(26)30(35)36;;/h11-14,17-20H,5-10,15-16,21-24H2,1-4H3;2*1H/q+2;;/p-2. The van der Waals surface area contributed by atoms with E-state index in [-0.39, 0.29) is 55.2 Å². The summed E-state index contributed by atoms with van der Waals surface area (Å²) in [6.07, 6.45) is 9.58. The van der Waals surface area contributed by atoms with Crippen LogP contribution < -0.4 is 34.0 Å². The molecule has 2 aromatic rings. The Morgan fingerprint density at radius 1 is 0.553 bits per heavy atom. The average molecular weight is 660 g/mol. The largest absolute Gasteiger partial charge is 1.00 e. The van der Waals surface area contributed by atoms with Crippen LogP contribution in [0.2, 0.25) is 0 Å². The fraction of sp³-hybridized carbons (Fsp3) is 0.571. The third-order valence-corrected chi connectivity index (χ3v) is 6.85. The topological polar surface area (TPSA) is 86.3 Å². The van der Waals surface area contributed by atoms with E-state index < -0.39 is 0 Å². The van der Waals surface area contributed by atoms with Gasteiger partial charge >= 0.3 is 0 Å². The van der Waals surface area contributed by atoms with Crippen molar-refractivity contribution in [3.05, 3.63) is 79.9 Å². The van der Waals surface area contributed by atoms with Crippen LogP contribution in [0.15, 0.2) is 48.5 Å². The van der Waals surface area contributed by atoms with Crippen molar-refractivity contribution in [1.82, 2.24) is 0 Å². The summed E-state index contributed by atoms with van der Waals surface area (Å²) in [6.45, 7) is 3.37. The highest BCUT2D eigenvalue weighted by Gasteiger charge is 2.23. The lowest BCUT2D eigenvalue weighted by atomic mass is 10.1. The van der Waals surface area contributed by atoms with Crippen molar-refractivity contribution < 1.29 is 52.8 Å². The molecule has 0 saturated heterocycles. The summed E-state index contributed by atoms with van der Waals surface area (Å²) in [4.78, 5) is 22.0. The van der Waals surface area contributed by atoms with Crippen molar-refractivity contribution in [2.45, 2.75) is 64.5 Å². The third kappa shape index (κ3) is 13.3. The van der Waals surface area contributed by atoms with Gasteiger partial charge in [0.25, 0.3) is 11.4 Å². The zero-order valence-corrected chi connectivity index (χ0v) is 26.5. The average Bonchev–Trinajstić information content (AvgIpc) is 2.80. The van der Waals surface area contributed by atoms with Gasteiger partial charge in [0.05, 0.1) is 62.3 Å². The number of nitro groups is 2. The first kappa shape index (κ1) is 36.1. The zero-order chi connectivity index (χ0) is 26.6. The van der Waals surface area contributed by atoms with Crippen molar-refractivity contribution in [1.29, 1.82) is 0 Å². The van der Waals surface area contributed by atoms with E-state index in [2.05, 4.69) is 28.2 Å². The molecule has 10 heteroatoms. The van der Waals surface area contributed by atoms with Crippen LogP contribution in [0.3, 0.4) is 0 Å². The quantitative estimate of drug-likeness (QED) is 0.107. The summed E-state index contributed by atoms with van der Waals surface area (Å²) in [5, 5.41) is 22.5. The maximum atomic E-state index is 11.3. The molecule has 0 heterocycles. The lowest BCUT2D eigenvalue weighted by Crippen LogP contribution is -3.00. The molecule has 0 unspecified atom stereocenters. The minimum atomic E-state index is -0.287. The van der Waals surface area contributed by atoms with E-state index in [9.17, 15) is 20.2 Å². The van der Waals surface area contributed by atoms with Gasteiger partial charge in [0.15, 0.2) is 0 Å². The molecule has 2 aromatic carbocycles. The molecule has 0 spiro atoms. The van der Waals surface area contributed by atoms with E-state index in [1.807, 2.05) is 24.3 Å². The summed E-state index contributed by atoms with van der Waals surface area (Å²) in [5.41, 5.74) is 2.03. The highest BCUT2D eigenvalue weighted by Crippen LogP contribution is 2.23. The predicted octanol–water partition coefficient (Wildman–Crippen LogP) is 0.485. The maximum Gasteiger partial charge on any atom is 0.278 e. The van der Waals surface area contributed by atoms with Crippen molar-refractivity contribution in [3.8, 4) is 0 Å². The highest BCUT2D eigenvalue weighted by molar-refractivity contribution is 5.39. The Balaban J connectivity index is 0.00000684. The maximum absolute atomic E-state index is 11.3. The predicted molar refractivity (Wildman–Crippen MR) is 144 cm³/mol. The van der Waals surface area contributed by atoms with Gasteiger partial charge in [-0.25, -0.2) is 0 Å². The molecule has 0 fully saturated rings. The van der Waals surface area contributed by atoms with E-state index >= 15 is 0 Å². The summed E-state index contributed by atoms with van der Waals surface area (Å²) >= 11 is 0. The smallest absolute Gasteiger partial charge is 0.278 e. The Bertz CT molecular complexity index is 923. The molecule has 0 radical (unpaired) electrons. The van der Waals surface area contributed by atoms with Crippen LogP contribution in [0.5, 0.6) is 0 Å². The fourth-order valence-corrected chi connectivity index (χ4v) is 4.87. The van der Waals surface area contributed by atoms with Crippen LogP contribution in [-0.2, 0) is 13.1 Å². The van der Waals surface area contributed by atoms with Gasteiger partial charge in [0, 0.05) is 12.1 Å². The van der Waals surface area contributed by atoms with E-state index in [1.165, 1.54) is 38.5 Å². The minimum Gasteiger partial charge on any atom is -1.00 e. The van der Waals surface area contributed by atoms with E-state index in [1.54, 1.807) is 24.3 Å². The molecule has 2 rings (SSSR count). The molecule has 0 amide bonds. The second-order valence-electron chi connectivity index (χ2n) is 11.2. The van der Waals surface area contributed by atoms with Crippen LogP contribution in [0.25, 0.3) is 0 Å². The number of halogens is 2. The molecular formula is C28H44Br2N4O4. The molecule has 214 valence electrons. The number of nitro benzene ring substituents is 2. The van der Waals surface area contributed by atoms with E-state index in [4.69, 9.17) is 0 Å². The molecule has 38 heavy (non-hydrogen) atoms. The molecule has 0 aromatic heterocycles. The second kappa shape index (κ2) is 17.7. The van der Waals surface area contributed by atoms with Crippen molar-refractivity contribution >= 4 is 11.4 Å². The summed E-state index contributed by atoms with van der Waals surface area (Å²) < 4.78 is 1.51. The second-order valence-corrected chi connectivity index (χ2v) is 11.2. The number of unbranched alkanes of at least 4 members (excludes halogenated alkanes) is 7. The Kier molecular flexibility index (Phi) is 16.8. The lowest BCUT2D eigenvalue weighted by Gasteiger charge is -2.30. The normalized spacial score (nSPS) is 11.4. The summed E-state index contributed by atoms with van der Waals surface area (Å²) in [5.74, 6) is 0. The monoisotopic (exact) mass is 658 g/mol. The number of quaternary nitrogens is 2. The van der Waals surface area contributed by atoms with Gasteiger partial charge in [0.2, 0.25) is 0 Å². The van der Waals surface area contributed by atoms with Crippen molar-refractivity contribution in [2.24, 2.45) is 0 Å². The molecule has 0 aliphatic heterocycles. The van der Waals surface area contributed by atoms with Gasteiger partial charge < -0.3 is 42.9 Å². The lowest BCUT2D eigenvalue weighted by molar-refractivity contribution is -0.904. The van der Waals surface area contributed by atoms with Crippen LogP contribution in [0.4, 0.5) is 11.4 Å². The third-order valence-electron chi connectivity index (χ3n) is 6.85. The molecule has 0 saturated carbocycles. The highest BCUT2D eigenvalue weighted by atomic mass is 79.9. The number of hydrogen-bond acceptors (Lipinski definition) is 4. The number of hydrogen-bond donors (Lipinski definition) is 0. The Morgan fingerprint density at radius 3 is 1.16 bits per heavy atom. The Hall–Kier alpha value is -1.88. The molecule has 0 atom stereocenters. The van der Waals surface area contributed by atoms with Gasteiger partial charge in [-0.1, -0.05) is 49.9 Å². The summed E-state index contributed by atoms with van der Waals surface area (Å²) in [7, 11) is 8.58. The van der Waals surface area contributed by atoms with E-state index in [0.29, 0.717) is 13.1 Å². The summed E-state index contributed by atoms with van der Waals surface area (Å²) in [6, 6.07) is 14.1. The molecular weight excluding hydrogens is 616 g/mol. The Morgan fingerprint density at radius 2 is 0.842 bits per heavy atom. The molecule has 0 aliphatic carbocycles. The zero-order valence-electron chi connectivity index (χ0n) is 23.3. The van der Waals surface area contributed by atoms with Gasteiger partial charge in [0.1, 0.15) is 13.1 Å². The van der Waals surface area contributed by atoms with E-state index in [0.717, 1.165) is 46.0 Å². The first-order valence-electron chi connectivity index (χ1n) is 13.1. The van der Waals surface area contributed by atoms with Gasteiger partial charge in [-0.05, 0) is 37.8 Å². The fourth-order valence-electron chi connectivity index (χ4n) is 4.87. The molecule has 0 bridgehead atoms. The van der Waals surface area contributed by atoms with Crippen LogP contribution in [0, 0.1) is 20.2 Å². The van der Waals surface area contributed by atoms with Crippen molar-refractivity contribution in [2.75, 3.05) is 41.3 Å². The van der Waals surface area contributed by atoms with Gasteiger partial charge in [-0.2, -0.15) is 0 Å². The number of para-hydroxylation sites is 2. The number of benzene rings is 2. The van der Waals surface area contributed by atoms with Crippen molar-refractivity contribution in [3.63, 3.8) is 0 Å². The molecule has 0 N–H and O–H groups in total.